The Morgan fingerprint density at radius 3 is 3.05 bits per heavy atom. The Kier molecular flexibility index (Phi) is 5.90. The monoisotopic (exact) mass is 264 g/mol. The van der Waals surface area contributed by atoms with Gasteiger partial charge in [-0.25, -0.2) is 0 Å². The molecule has 0 radical (unpaired) electrons. The van der Waals surface area contributed by atoms with E-state index < -0.39 is 0 Å². The molecule has 0 aromatic heterocycles. The summed E-state index contributed by atoms with van der Waals surface area (Å²) in [5, 5.41) is 3.31. The van der Waals surface area contributed by atoms with Crippen molar-refractivity contribution in [3.8, 4) is 0 Å². The Morgan fingerprint density at radius 1 is 1.42 bits per heavy atom. The second kappa shape index (κ2) is 7.68. The molecule has 19 heavy (non-hydrogen) atoms. The molecule has 108 valence electrons. The molecule has 1 amide bonds. The molecule has 1 aliphatic heterocycles. The highest BCUT2D eigenvalue weighted by Gasteiger charge is 2.20. The quantitative estimate of drug-likeness (QED) is 0.611. The van der Waals surface area contributed by atoms with Gasteiger partial charge in [-0.05, 0) is 57.4 Å². The largest absolute Gasteiger partial charge is 0.341 e. The van der Waals surface area contributed by atoms with Crippen LogP contribution in [0.5, 0.6) is 0 Å². The summed E-state index contributed by atoms with van der Waals surface area (Å²) in [6, 6.07) is 0. The molecule has 1 atom stereocenters. The lowest BCUT2D eigenvalue weighted by atomic mass is 9.97. The lowest BCUT2D eigenvalue weighted by molar-refractivity contribution is -0.131. The van der Waals surface area contributed by atoms with Gasteiger partial charge < -0.3 is 10.2 Å². The zero-order chi connectivity index (χ0) is 13.5. The normalized spacial score (nSPS) is 24.2. The Balaban J connectivity index is 1.59. The summed E-state index contributed by atoms with van der Waals surface area (Å²) in [6.07, 6.45) is 11.1. The second-order valence-corrected chi connectivity index (χ2v) is 6.12. The smallest absolute Gasteiger partial charge is 0.236 e. The summed E-state index contributed by atoms with van der Waals surface area (Å²) >= 11 is 0. The minimum absolute atomic E-state index is 0.282. The van der Waals surface area contributed by atoms with Crippen molar-refractivity contribution in [3.05, 3.63) is 11.6 Å². The zero-order valence-electron chi connectivity index (χ0n) is 12.3. The molecule has 1 unspecified atom stereocenters. The van der Waals surface area contributed by atoms with Gasteiger partial charge in [-0.3, -0.25) is 4.79 Å². The van der Waals surface area contributed by atoms with Gasteiger partial charge in [0.15, 0.2) is 0 Å². The number of amides is 1. The number of hydrogen-bond acceptors (Lipinski definition) is 2. The molecule has 0 spiro atoms. The van der Waals surface area contributed by atoms with E-state index in [9.17, 15) is 4.79 Å². The Morgan fingerprint density at radius 2 is 2.32 bits per heavy atom. The third-order valence-corrected chi connectivity index (χ3v) is 4.29. The van der Waals surface area contributed by atoms with Crippen LogP contribution in [0, 0.1) is 5.92 Å². The number of allylic oxidation sites excluding steroid dienone is 1. The van der Waals surface area contributed by atoms with Gasteiger partial charge >= 0.3 is 0 Å². The van der Waals surface area contributed by atoms with Crippen molar-refractivity contribution >= 4 is 5.91 Å². The van der Waals surface area contributed by atoms with Crippen molar-refractivity contribution in [3.63, 3.8) is 0 Å². The van der Waals surface area contributed by atoms with Crippen molar-refractivity contribution in [1.29, 1.82) is 0 Å². The van der Waals surface area contributed by atoms with Crippen LogP contribution < -0.4 is 5.32 Å². The van der Waals surface area contributed by atoms with Crippen LogP contribution >= 0.6 is 0 Å². The fourth-order valence-electron chi connectivity index (χ4n) is 3.10. The summed E-state index contributed by atoms with van der Waals surface area (Å²) in [6.45, 7) is 5.60. The van der Waals surface area contributed by atoms with Crippen molar-refractivity contribution in [1.82, 2.24) is 10.2 Å². The second-order valence-electron chi connectivity index (χ2n) is 6.12. The summed E-state index contributed by atoms with van der Waals surface area (Å²) in [5.74, 6) is 0.953. The molecule has 1 N–H and O–H groups in total. The first kappa shape index (κ1) is 14.6. The topological polar surface area (TPSA) is 32.3 Å². The van der Waals surface area contributed by atoms with Crippen LogP contribution in [-0.4, -0.2) is 37.0 Å². The number of carbonyl (C=O) groups is 1. The summed E-state index contributed by atoms with van der Waals surface area (Å²) in [4.78, 5) is 14.1. The molecule has 3 nitrogen and oxygen atoms in total. The molecule has 2 rings (SSSR count). The van der Waals surface area contributed by atoms with Crippen LogP contribution in [0.1, 0.15) is 51.9 Å². The van der Waals surface area contributed by atoms with Crippen molar-refractivity contribution in [2.75, 3.05) is 26.2 Å². The molecule has 3 heteroatoms. The summed E-state index contributed by atoms with van der Waals surface area (Å²) < 4.78 is 0. The van der Waals surface area contributed by atoms with E-state index in [-0.39, 0.29) is 5.91 Å². The maximum Gasteiger partial charge on any atom is 0.236 e. The van der Waals surface area contributed by atoms with E-state index in [1.807, 2.05) is 4.90 Å². The van der Waals surface area contributed by atoms with E-state index in [0.29, 0.717) is 12.5 Å². The first-order valence-corrected chi connectivity index (χ1v) is 7.92. The molecule has 0 bridgehead atoms. The summed E-state index contributed by atoms with van der Waals surface area (Å²) in [7, 11) is 0. The molecule has 0 aromatic rings. The highest BCUT2D eigenvalue weighted by Crippen LogP contribution is 2.19. The van der Waals surface area contributed by atoms with Gasteiger partial charge in [-0.15, -0.1) is 0 Å². The Bertz CT molecular complexity index is 325. The highest BCUT2D eigenvalue weighted by atomic mass is 16.2. The molecule has 1 saturated heterocycles. The van der Waals surface area contributed by atoms with Gasteiger partial charge in [0, 0.05) is 13.1 Å². The van der Waals surface area contributed by atoms with E-state index in [1.165, 1.54) is 38.5 Å². The third-order valence-electron chi connectivity index (χ3n) is 4.29. The minimum atomic E-state index is 0.282. The Hall–Kier alpha value is -0.830. The van der Waals surface area contributed by atoms with E-state index >= 15 is 0 Å². The van der Waals surface area contributed by atoms with E-state index in [1.54, 1.807) is 5.57 Å². The average Bonchev–Trinajstić information content (AvgIpc) is 2.44. The van der Waals surface area contributed by atoms with Gasteiger partial charge in [-0.2, -0.15) is 0 Å². The number of rotatable bonds is 5. The average molecular weight is 264 g/mol. The Labute approximate surface area is 117 Å². The maximum atomic E-state index is 12.0. The maximum absolute atomic E-state index is 12.0. The van der Waals surface area contributed by atoms with Gasteiger partial charge in [-0.1, -0.05) is 18.6 Å². The van der Waals surface area contributed by atoms with E-state index in [4.69, 9.17) is 0 Å². The van der Waals surface area contributed by atoms with Gasteiger partial charge in [0.1, 0.15) is 0 Å². The van der Waals surface area contributed by atoms with Crippen molar-refractivity contribution < 1.29 is 4.79 Å². The van der Waals surface area contributed by atoms with Crippen LogP contribution in [0.25, 0.3) is 0 Å². The van der Waals surface area contributed by atoms with Crippen LogP contribution in [0.15, 0.2) is 11.6 Å². The van der Waals surface area contributed by atoms with Crippen LogP contribution in [0.3, 0.4) is 0 Å². The number of nitrogens with one attached hydrogen (secondary N) is 1. The molecule has 0 saturated carbocycles. The predicted molar refractivity (Wildman–Crippen MR) is 79.0 cm³/mol. The molecule has 2 aliphatic rings. The fourth-order valence-corrected chi connectivity index (χ4v) is 3.10. The molecule has 1 aliphatic carbocycles. The highest BCUT2D eigenvalue weighted by molar-refractivity contribution is 5.78. The van der Waals surface area contributed by atoms with Crippen molar-refractivity contribution in [2.24, 2.45) is 5.92 Å². The van der Waals surface area contributed by atoms with Gasteiger partial charge in [0.25, 0.3) is 0 Å². The van der Waals surface area contributed by atoms with Crippen LogP contribution in [0.2, 0.25) is 0 Å². The van der Waals surface area contributed by atoms with E-state index in [0.717, 1.165) is 26.1 Å². The lowest BCUT2D eigenvalue weighted by Gasteiger charge is -2.31. The predicted octanol–water partition coefficient (Wildman–Crippen LogP) is 2.73. The van der Waals surface area contributed by atoms with Gasteiger partial charge in [0.2, 0.25) is 5.91 Å². The van der Waals surface area contributed by atoms with E-state index in [2.05, 4.69) is 18.3 Å². The lowest BCUT2D eigenvalue weighted by Crippen LogP contribution is -2.43. The number of piperidine rings is 1. The first-order valence-electron chi connectivity index (χ1n) is 7.92. The first-order chi connectivity index (χ1) is 9.25. The molecular formula is C16H28N2O. The number of nitrogens with zero attached hydrogens (tertiary/aromatic N) is 1. The minimum Gasteiger partial charge on any atom is -0.341 e. The molecule has 1 heterocycles. The summed E-state index contributed by atoms with van der Waals surface area (Å²) in [5.41, 5.74) is 1.58. The van der Waals surface area contributed by atoms with Crippen LogP contribution in [0.4, 0.5) is 0 Å². The standard InChI is InChI=1S/C16H28N2O/c1-14-6-5-11-18(13-14)16(19)12-17-10-9-15-7-3-2-4-8-15/h7,14,17H,2-6,8-13H2,1H3. The molecule has 1 fully saturated rings. The number of hydrogen-bond donors (Lipinski definition) is 1. The van der Waals surface area contributed by atoms with Gasteiger partial charge in [0.05, 0.1) is 6.54 Å². The van der Waals surface area contributed by atoms with Crippen molar-refractivity contribution in [2.45, 2.75) is 51.9 Å². The molecular weight excluding hydrogens is 236 g/mol. The SMILES string of the molecule is CC1CCCN(C(=O)CNCCC2=CCCCC2)C1. The van der Waals surface area contributed by atoms with Crippen LogP contribution in [-0.2, 0) is 4.79 Å². The number of carbonyl (C=O) groups excluding carboxylic acids is 1. The number of likely N-dealkylation sites (tertiary alicyclic amines) is 1. The fraction of sp³-hybridized carbons (Fsp3) is 0.812. The molecule has 0 aromatic carbocycles. The zero-order valence-corrected chi connectivity index (χ0v) is 12.3. The third kappa shape index (κ3) is 4.98.